The van der Waals surface area contributed by atoms with Crippen LogP contribution in [0.3, 0.4) is 0 Å². The van der Waals surface area contributed by atoms with Gasteiger partial charge in [0.15, 0.2) is 0 Å². The van der Waals surface area contributed by atoms with Crippen molar-refractivity contribution in [3.63, 3.8) is 0 Å². The average Bonchev–Trinajstić information content (AvgIpc) is 3.05. The van der Waals surface area contributed by atoms with Crippen LogP contribution in [0.4, 0.5) is 11.4 Å². The topological polar surface area (TPSA) is 56.4 Å². The molecule has 5 nitrogen and oxygen atoms in total. The Labute approximate surface area is 163 Å². The zero-order chi connectivity index (χ0) is 19.2. The van der Waals surface area contributed by atoms with Gasteiger partial charge in [-0.3, -0.25) is 10.2 Å². The van der Waals surface area contributed by atoms with E-state index in [0.29, 0.717) is 23.3 Å². The fourth-order valence-electron chi connectivity index (χ4n) is 5.16. The van der Waals surface area contributed by atoms with E-state index in [2.05, 4.69) is 67.1 Å². The number of nitrogens with one attached hydrogen (secondary N) is 3. The molecule has 1 aromatic rings. The number of nitrogens with zero attached hydrogens (tertiary/aromatic N) is 1. The molecular formula is C22H34N4O. The standard InChI is InChI=1S/C22H34N4O/c1-22(2,3)15-8-10-18-17(12-15)20(25-24-18)21(27)23-16-9-7-14-6-5-11-26(4)19(14)13-16/h7,9,13,15,17-18,20,24-25H,5-6,8,10-12H2,1-4H3,(H,23,27). The van der Waals surface area contributed by atoms with Crippen molar-refractivity contribution >= 4 is 17.3 Å². The van der Waals surface area contributed by atoms with Crippen molar-refractivity contribution in [1.29, 1.82) is 0 Å². The summed E-state index contributed by atoms with van der Waals surface area (Å²) in [6.45, 7) is 8.06. The van der Waals surface area contributed by atoms with E-state index in [-0.39, 0.29) is 11.9 Å². The van der Waals surface area contributed by atoms with E-state index in [4.69, 9.17) is 0 Å². The maximum Gasteiger partial charge on any atom is 0.243 e. The largest absolute Gasteiger partial charge is 0.374 e. The smallest absolute Gasteiger partial charge is 0.243 e. The average molecular weight is 371 g/mol. The van der Waals surface area contributed by atoms with Gasteiger partial charge in [-0.25, -0.2) is 5.43 Å². The van der Waals surface area contributed by atoms with E-state index >= 15 is 0 Å². The van der Waals surface area contributed by atoms with Crippen LogP contribution in [0.25, 0.3) is 0 Å². The third-order valence-corrected chi connectivity index (χ3v) is 6.96. The van der Waals surface area contributed by atoms with E-state index < -0.39 is 0 Å². The SMILES string of the molecule is CN1CCCc2ccc(NC(=O)C3NNC4CCC(C(C)(C)C)CC43)cc21. The molecule has 27 heavy (non-hydrogen) atoms. The molecular weight excluding hydrogens is 336 g/mol. The van der Waals surface area contributed by atoms with E-state index in [1.807, 2.05) is 0 Å². The first-order chi connectivity index (χ1) is 12.8. The van der Waals surface area contributed by atoms with Crippen LogP contribution < -0.4 is 21.1 Å². The van der Waals surface area contributed by atoms with Crippen LogP contribution in [-0.2, 0) is 11.2 Å². The first-order valence-electron chi connectivity index (χ1n) is 10.5. The lowest BCUT2D eigenvalue weighted by atomic mass is 9.66. The summed E-state index contributed by atoms with van der Waals surface area (Å²) >= 11 is 0. The molecule has 1 saturated heterocycles. The molecule has 0 radical (unpaired) electrons. The zero-order valence-electron chi connectivity index (χ0n) is 17.1. The third-order valence-electron chi connectivity index (χ3n) is 6.96. The lowest BCUT2D eigenvalue weighted by Crippen LogP contribution is -2.43. The van der Waals surface area contributed by atoms with Crippen molar-refractivity contribution in [3.05, 3.63) is 23.8 Å². The highest BCUT2D eigenvalue weighted by molar-refractivity contribution is 5.96. The summed E-state index contributed by atoms with van der Waals surface area (Å²) in [7, 11) is 2.13. The lowest BCUT2D eigenvalue weighted by Gasteiger charge is -2.39. The number of rotatable bonds is 2. The number of hydrogen-bond donors (Lipinski definition) is 3. The highest BCUT2D eigenvalue weighted by Gasteiger charge is 2.45. The number of benzene rings is 1. The molecule has 0 bridgehead atoms. The van der Waals surface area contributed by atoms with Crippen LogP contribution in [-0.4, -0.2) is 31.6 Å². The monoisotopic (exact) mass is 370 g/mol. The van der Waals surface area contributed by atoms with Crippen LogP contribution in [0.5, 0.6) is 0 Å². The number of fused-ring (bicyclic) bond motifs is 2. The molecule has 1 aliphatic carbocycles. The molecule has 3 N–H and O–H groups in total. The minimum absolute atomic E-state index is 0.0861. The van der Waals surface area contributed by atoms with Crippen LogP contribution in [0, 0.1) is 17.3 Å². The second-order valence-corrected chi connectivity index (χ2v) is 9.77. The van der Waals surface area contributed by atoms with Crippen LogP contribution >= 0.6 is 0 Å². The molecule has 148 valence electrons. The molecule has 0 spiro atoms. The summed E-state index contributed by atoms with van der Waals surface area (Å²) in [5, 5.41) is 3.17. The Morgan fingerprint density at radius 3 is 2.81 bits per heavy atom. The number of aryl methyl sites for hydroxylation is 1. The van der Waals surface area contributed by atoms with Gasteiger partial charge >= 0.3 is 0 Å². The van der Waals surface area contributed by atoms with E-state index in [9.17, 15) is 4.79 Å². The number of carbonyl (C=O) groups excluding carboxylic acids is 1. The molecule has 1 amide bonds. The number of carbonyl (C=O) groups is 1. The van der Waals surface area contributed by atoms with Crippen LogP contribution in [0.15, 0.2) is 18.2 Å². The quantitative estimate of drug-likeness (QED) is 0.748. The molecule has 4 unspecified atom stereocenters. The predicted molar refractivity (Wildman–Crippen MR) is 111 cm³/mol. The van der Waals surface area contributed by atoms with Crippen molar-refractivity contribution in [2.24, 2.45) is 17.3 Å². The van der Waals surface area contributed by atoms with Gasteiger partial charge in [-0.1, -0.05) is 26.8 Å². The Kier molecular flexibility index (Phi) is 4.93. The van der Waals surface area contributed by atoms with E-state index in [0.717, 1.165) is 31.5 Å². The van der Waals surface area contributed by atoms with E-state index in [1.165, 1.54) is 24.1 Å². The minimum Gasteiger partial charge on any atom is -0.374 e. The molecule has 1 aromatic carbocycles. The lowest BCUT2D eigenvalue weighted by molar-refractivity contribution is -0.119. The Bertz CT molecular complexity index is 711. The molecule has 1 saturated carbocycles. The van der Waals surface area contributed by atoms with Crippen molar-refractivity contribution in [2.75, 3.05) is 23.8 Å². The fraction of sp³-hybridized carbons (Fsp3) is 0.682. The first-order valence-corrected chi connectivity index (χ1v) is 10.5. The van der Waals surface area contributed by atoms with Crippen LogP contribution in [0.1, 0.15) is 52.0 Å². The maximum absolute atomic E-state index is 13.0. The van der Waals surface area contributed by atoms with Crippen molar-refractivity contribution < 1.29 is 4.79 Å². The Morgan fingerprint density at radius 2 is 2.04 bits per heavy atom. The maximum atomic E-state index is 13.0. The summed E-state index contributed by atoms with van der Waals surface area (Å²) in [4.78, 5) is 15.3. The summed E-state index contributed by atoms with van der Waals surface area (Å²) in [6, 6.07) is 6.60. The molecule has 4 rings (SSSR count). The van der Waals surface area contributed by atoms with Gasteiger partial charge in [-0.05, 0) is 61.1 Å². The van der Waals surface area contributed by atoms with Gasteiger partial charge in [-0.2, -0.15) is 0 Å². The Morgan fingerprint density at radius 1 is 1.22 bits per heavy atom. The van der Waals surface area contributed by atoms with Gasteiger partial charge < -0.3 is 10.2 Å². The van der Waals surface area contributed by atoms with Crippen molar-refractivity contribution in [2.45, 2.75) is 65.0 Å². The highest BCUT2D eigenvalue weighted by atomic mass is 16.2. The number of hydrazine groups is 1. The van der Waals surface area contributed by atoms with E-state index in [1.54, 1.807) is 0 Å². The molecule has 2 aliphatic heterocycles. The molecule has 4 atom stereocenters. The Balaban J connectivity index is 1.46. The molecule has 5 heteroatoms. The predicted octanol–water partition coefficient (Wildman–Crippen LogP) is 3.31. The van der Waals surface area contributed by atoms with Gasteiger partial charge in [-0.15, -0.1) is 0 Å². The molecule has 0 aromatic heterocycles. The highest BCUT2D eigenvalue weighted by Crippen LogP contribution is 2.42. The zero-order valence-corrected chi connectivity index (χ0v) is 17.1. The second kappa shape index (κ2) is 7.10. The van der Waals surface area contributed by atoms with Gasteiger partial charge in [0.05, 0.1) is 0 Å². The van der Waals surface area contributed by atoms with Gasteiger partial charge in [0.1, 0.15) is 6.04 Å². The molecule has 2 fully saturated rings. The summed E-state index contributed by atoms with van der Waals surface area (Å²) < 4.78 is 0. The normalized spacial score (nSPS) is 30.6. The number of hydrogen-bond acceptors (Lipinski definition) is 4. The van der Waals surface area contributed by atoms with Crippen LogP contribution in [0.2, 0.25) is 0 Å². The Hall–Kier alpha value is -1.59. The number of amides is 1. The van der Waals surface area contributed by atoms with Crippen molar-refractivity contribution in [1.82, 2.24) is 10.9 Å². The van der Waals surface area contributed by atoms with Gasteiger partial charge in [0.25, 0.3) is 0 Å². The molecule has 2 heterocycles. The summed E-state index contributed by atoms with van der Waals surface area (Å²) in [5.74, 6) is 1.12. The van der Waals surface area contributed by atoms with Gasteiger partial charge in [0.2, 0.25) is 5.91 Å². The fourth-order valence-corrected chi connectivity index (χ4v) is 5.16. The third kappa shape index (κ3) is 3.72. The summed E-state index contributed by atoms with van der Waals surface area (Å²) in [6.07, 6.45) is 5.82. The minimum atomic E-state index is -0.158. The molecule has 3 aliphatic rings. The van der Waals surface area contributed by atoms with Crippen molar-refractivity contribution in [3.8, 4) is 0 Å². The number of anilines is 2. The second-order valence-electron chi connectivity index (χ2n) is 9.77. The first kappa shape index (κ1) is 18.8. The van der Waals surface area contributed by atoms with Gasteiger partial charge in [0, 0.05) is 36.9 Å². The summed E-state index contributed by atoms with van der Waals surface area (Å²) in [5.41, 5.74) is 10.5.